The fraction of sp³-hybridized carbons (Fsp3) is 0.789. The molecule has 2 saturated carbocycles. The van der Waals surface area contributed by atoms with Crippen molar-refractivity contribution in [2.45, 2.75) is 65.1 Å². The van der Waals surface area contributed by atoms with Gasteiger partial charge in [0.15, 0.2) is 0 Å². The predicted octanol–water partition coefficient (Wildman–Crippen LogP) is 2.39. The number of fused-ring (bicyclic) bond motifs is 2. The largest absolute Gasteiger partial charge is 0.377 e. The Morgan fingerprint density at radius 1 is 1.48 bits per heavy atom. The molecule has 0 bridgehead atoms. The van der Waals surface area contributed by atoms with Gasteiger partial charge in [0.25, 0.3) is 0 Å². The first-order valence-corrected chi connectivity index (χ1v) is 9.66. The molecule has 1 saturated heterocycles. The first-order valence-electron chi connectivity index (χ1n) is 9.66. The third-order valence-electron chi connectivity index (χ3n) is 6.52. The molecule has 138 valence electrons. The molecule has 2 aliphatic carbocycles. The second-order valence-corrected chi connectivity index (χ2v) is 8.38. The van der Waals surface area contributed by atoms with E-state index in [9.17, 15) is 4.79 Å². The molecule has 2 heterocycles. The summed E-state index contributed by atoms with van der Waals surface area (Å²) >= 11 is 0. The Morgan fingerprint density at radius 3 is 2.92 bits per heavy atom. The molecule has 0 radical (unpaired) electrons. The normalized spacial score (nSPS) is 30.3. The predicted molar refractivity (Wildman–Crippen MR) is 95.3 cm³/mol. The zero-order valence-electron chi connectivity index (χ0n) is 15.5. The second-order valence-electron chi connectivity index (χ2n) is 8.38. The number of amides is 2. The van der Waals surface area contributed by atoms with Crippen LogP contribution in [0.15, 0.2) is 6.07 Å². The van der Waals surface area contributed by atoms with Gasteiger partial charge in [0.05, 0.1) is 11.8 Å². The molecule has 1 aromatic heterocycles. The summed E-state index contributed by atoms with van der Waals surface area (Å²) in [7, 11) is 0. The van der Waals surface area contributed by atoms with Gasteiger partial charge in [-0.1, -0.05) is 13.3 Å². The van der Waals surface area contributed by atoms with E-state index in [1.54, 1.807) is 0 Å². The summed E-state index contributed by atoms with van der Waals surface area (Å²) in [6, 6.07) is 2.36. The molecule has 1 spiro atoms. The van der Waals surface area contributed by atoms with Crippen LogP contribution in [0.2, 0.25) is 0 Å². The molecule has 4 rings (SSSR count). The van der Waals surface area contributed by atoms with Gasteiger partial charge in [0.1, 0.15) is 0 Å². The van der Waals surface area contributed by atoms with Crippen molar-refractivity contribution >= 4 is 6.03 Å². The summed E-state index contributed by atoms with van der Waals surface area (Å²) in [6.07, 6.45) is 5.16. The number of carbonyl (C=O) groups is 1. The van der Waals surface area contributed by atoms with Gasteiger partial charge < -0.3 is 15.4 Å². The molecule has 1 aromatic rings. The Balaban J connectivity index is 1.26. The van der Waals surface area contributed by atoms with E-state index < -0.39 is 0 Å². The number of hydrogen-bond acceptors (Lipinski definition) is 3. The molecule has 0 aromatic carbocycles. The number of aromatic nitrogens is 2. The van der Waals surface area contributed by atoms with Gasteiger partial charge in [0.2, 0.25) is 0 Å². The van der Waals surface area contributed by atoms with Crippen molar-refractivity contribution in [3.8, 4) is 0 Å². The summed E-state index contributed by atoms with van der Waals surface area (Å²) in [5.74, 6) is 0.864. The number of nitrogens with zero attached hydrogens (tertiary/aromatic N) is 2. The minimum Gasteiger partial charge on any atom is -0.377 e. The SMILES string of the molecule is Cc1cc(C)n(C[C@H](C)CNC(=O)N[C@@H]2[C@@H]3CCO[C@@H]3C23CCC3)n1. The lowest BCUT2D eigenvalue weighted by atomic mass is 9.46. The molecule has 6 nitrogen and oxygen atoms in total. The van der Waals surface area contributed by atoms with Gasteiger partial charge in [-0.15, -0.1) is 0 Å². The molecule has 1 aliphatic heterocycles. The molecule has 0 unspecified atom stereocenters. The maximum Gasteiger partial charge on any atom is 0.315 e. The zero-order chi connectivity index (χ0) is 17.6. The van der Waals surface area contributed by atoms with Gasteiger partial charge in [-0.3, -0.25) is 4.68 Å². The van der Waals surface area contributed by atoms with Crippen molar-refractivity contribution in [2.24, 2.45) is 17.3 Å². The minimum absolute atomic E-state index is 0.0261. The van der Waals surface area contributed by atoms with Gasteiger partial charge >= 0.3 is 6.03 Å². The Morgan fingerprint density at radius 2 is 2.28 bits per heavy atom. The van der Waals surface area contributed by atoms with Crippen LogP contribution in [0.3, 0.4) is 0 Å². The number of carbonyl (C=O) groups excluding carboxylic acids is 1. The van der Waals surface area contributed by atoms with Crippen molar-refractivity contribution in [3.63, 3.8) is 0 Å². The van der Waals surface area contributed by atoms with E-state index in [-0.39, 0.29) is 11.4 Å². The van der Waals surface area contributed by atoms with Crippen LogP contribution in [0.4, 0.5) is 4.79 Å². The maximum absolute atomic E-state index is 12.4. The van der Waals surface area contributed by atoms with Gasteiger partial charge in [-0.2, -0.15) is 5.10 Å². The Labute approximate surface area is 149 Å². The van der Waals surface area contributed by atoms with Crippen LogP contribution in [0.1, 0.15) is 44.0 Å². The Bertz CT molecular complexity index is 652. The lowest BCUT2D eigenvalue weighted by molar-refractivity contribution is -0.172. The van der Waals surface area contributed by atoms with E-state index in [2.05, 4.69) is 35.6 Å². The van der Waals surface area contributed by atoms with Gasteiger partial charge in [0, 0.05) is 42.8 Å². The molecular formula is C19H30N4O2. The van der Waals surface area contributed by atoms with E-state index in [4.69, 9.17) is 4.74 Å². The Hall–Kier alpha value is -1.56. The van der Waals surface area contributed by atoms with Crippen LogP contribution in [0, 0.1) is 31.1 Å². The third-order valence-corrected chi connectivity index (χ3v) is 6.52. The zero-order valence-corrected chi connectivity index (χ0v) is 15.5. The second kappa shape index (κ2) is 6.31. The molecule has 6 heteroatoms. The lowest BCUT2D eigenvalue weighted by Crippen LogP contribution is -2.72. The molecule has 3 aliphatic rings. The van der Waals surface area contributed by atoms with E-state index >= 15 is 0 Å². The number of urea groups is 1. The van der Waals surface area contributed by atoms with Crippen molar-refractivity contribution in [3.05, 3.63) is 17.5 Å². The van der Waals surface area contributed by atoms with E-state index in [1.807, 2.05) is 11.6 Å². The van der Waals surface area contributed by atoms with Gasteiger partial charge in [-0.25, -0.2) is 4.79 Å². The number of hydrogen-bond donors (Lipinski definition) is 2. The van der Waals surface area contributed by atoms with E-state index in [0.717, 1.165) is 25.3 Å². The van der Waals surface area contributed by atoms with Crippen molar-refractivity contribution < 1.29 is 9.53 Å². The highest BCUT2D eigenvalue weighted by atomic mass is 16.5. The highest BCUT2D eigenvalue weighted by Crippen LogP contribution is 2.62. The van der Waals surface area contributed by atoms with Crippen LogP contribution in [-0.2, 0) is 11.3 Å². The quantitative estimate of drug-likeness (QED) is 0.860. The van der Waals surface area contributed by atoms with Crippen LogP contribution < -0.4 is 10.6 Å². The van der Waals surface area contributed by atoms with Crippen molar-refractivity contribution in [1.29, 1.82) is 0 Å². The van der Waals surface area contributed by atoms with Crippen LogP contribution >= 0.6 is 0 Å². The highest BCUT2D eigenvalue weighted by Gasteiger charge is 2.66. The molecular weight excluding hydrogens is 316 g/mol. The fourth-order valence-electron chi connectivity index (χ4n) is 5.13. The first kappa shape index (κ1) is 16.9. The average Bonchev–Trinajstić information content (AvgIpc) is 3.06. The topological polar surface area (TPSA) is 68.2 Å². The van der Waals surface area contributed by atoms with Crippen molar-refractivity contribution in [2.75, 3.05) is 13.2 Å². The molecule has 3 fully saturated rings. The number of rotatable bonds is 5. The van der Waals surface area contributed by atoms with E-state index in [0.29, 0.717) is 30.5 Å². The van der Waals surface area contributed by atoms with Crippen LogP contribution in [0.5, 0.6) is 0 Å². The smallest absolute Gasteiger partial charge is 0.315 e. The summed E-state index contributed by atoms with van der Waals surface area (Å²) in [5, 5.41) is 10.8. The van der Waals surface area contributed by atoms with Gasteiger partial charge in [-0.05, 0) is 45.1 Å². The average molecular weight is 346 g/mol. The summed E-state index contributed by atoms with van der Waals surface area (Å²) in [6.45, 7) is 8.57. The standard InChI is InChI=1S/C19H30N4O2/c1-12(11-23-14(3)9-13(2)22-23)10-20-18(24)21-16-15-5-8-25-17(15)19(16)6-4-7-19/h9,12,15-17H,4-8,10-11H2,1-3H3,(H2,20,21,24)/t12-,15+,16-,17+/m1/s1. The minimum atomic E-state index is -0.0261. The summed E-state index contributed by atoms with van der Waals surface area (Å²) < 4.78 is 7.94. The monoisotopic (exact) mass is 346 g/mol. The van der Waals surface area contributed by atoms with Crippen LogP contribution in [0.25, 0.3) is 0 Å². The lowest BCUT2D eigenvalue weighted by Gasteiger charge is -2.63. The fourth-order valence-corrected chi connectivity index (χ4v) is 5.13. The summed E-state index contributed by atoms with van der Waals surface area (Å²) in [4.78, 5) is 12.4. The number of ether oxygens (including phenoxy) is 1. The molecule has 2 N–H and O–H groups in total. The first-order chi connectivity index (χ1) is 12.0. The summed E-state index contributed by atoms with van der Waals surface area (Å²) in [5.41, 5.74) is 2.45. The van der Waals surface area contributed by atoms with E-state index in [1.165, 1.54) is 25.0 Å². The Kier molecular flexibility index (Phi) is 4.26. The molecule has 25 heavy (non-hydrogen) atoms. The number of aryl methyl sites for hydroxylation is 2. The van der Waals surface area contributed by atoms with Crippen molar-refractivity contribution in [1.82, 2.24) is 20.4 Å². The molecule has 2 amide bonds. The third kappa shape index (κ3) is 2.84. The number of nitrogens with one attached hydrogen (secondary N) is 2. The maximum atomic E-state index is 12.4. The van der Waals surface area contributed by atoms with Crippen LogP contribution in [-0.4, -0.2) is 41.1 Å². The highest BCUT2D eigenvalue weighted by molar-refractivity contribution is 5.74. The molecule has 4 atom stereocenters.